The molecule has 0 amide bonds. The van der Waals surface area contributed by atoms with Gasteiger partial charge >= 0.3 is 0 Å². The summed E-state index contributed by atoms with van der Waals surface area (Å²) in [7, 11) is -1.74. The van der Waals surface area contributed by atoms with E-state index in [9.17, 15) is 0 Å². The van der Waals surface area contributed by atoms with E-state index in [0.717, 1.165) is 0 Å². The fourth-order valence-corrected chi connectivity index (χ4v) is 12.5. The minimum Gasteiger partial charge on any atom is -0.379 e. The molecular formula is C29H35NSi. The minimum atomic E-state index is -1.74. The molecule has 0 bridgehead atoms. The van der Waals surface area contributed by atoms with E-state index >= 15 is 0 Å². The molecule has 31 heavy (non-hydrogen) atoms. The molecular weight excluding hydrogens is 390 g/mol. The van der Waals surface area contributed by atoms with E-state index in [0.29, 0.717) is 16.6 Å². The predicted octanol–water partition coefficient (Wildman–Crippen LogP) is 9.00. The van der Waals surface area contributed by atoms with E-state index in [2.05, 4.69) is 131 Å². The first-order valence-corrected chi connectivity index (χ1v) is 13.8. The first kappa shape index (κ1) is 21.6. The lowest BCUT2D eigenvalue weighted by Crippen LogP contribution is -2.51. The van der Waals surface area contributed by atoms with Crippen LogP contribution in [0.15, 0.2) is 85.2 Å². The minimum absolute atomic E-state index is 0.681. The largest absolute Gasteiger partial charge is 0.379 e. The van der Waals surface area contributed by atoms with Gasteiger partial charge in [0.05, 0.1) is 0 Å². The summed E-state index contributed by atoms with van der Waals surface area (Å²) in [5, 5.41) is 2.62. The van der Waals surface area contributed by atoms with Gasteiger partial charge < -0.3 is 4.23 Å². The molecule has 0 saturated carbocycles. The molecule has 0 spiro atoms. The molecule has 0 fully saturated rings. The molecule has 0 N–H and O–H groups in total. The van der Waals surface area contributed by atoms with Crippen molar-refractivity contribution in [1.29, 1.82) is 0 Å². The normalized spacial score (nSPS) is 12.4. The molecule has 1 nitrogen and oxygen atoms in total. The molecule has 0 aliphatic heterocycles. The summed E-state index contributed by atoms with van der Waals surface area (Å²) in [6, 6.07) is 26.5. The first-order chi connectivity index (χ1) is 14.9. The van der Waals surface area contributed by atoms with Crippen molar-refractivity contribution in [2.24, 2.45) is 0 Å². The number of fused-ring (bicyclic) bond motifs is 1. The van der Waals surface area contributed by atoms with E-state index in [4.69, 9.17) is 0 Å². The Balaban J connectivity index is 1.92. The Morgan fingerprint density at radius 3 is 1.87 bits per heavy atom. The molecule has 4 rings (SSSR count). The Bertz CT molecular complexity index is 1150. The highest BCUT2D eigenvalue weighted by Gasteiger charge is 2.44. The number of benzene rings is 3. The summed E-state index contributed by atoms with van der Waals surface area (Å²) in [5.74, 6) is 0. The SMILES string of the molecule is CC(C)[Si](C(C)C)(C(C)C)n1ccc(-c2cc(-c3ccccc3)cc3ccccc23)c1. The highest BCUT2D eigenvalue weighted by molar-refractivity contribution is 6.82. The maximum Gasteiger partial charge on any atom is 0.168 e. The van der Waals surface area contributed by atoms with Crippen molar-refractivity contribution in [2.75, 3.05) is 0 Å². The lowest BCUT2D eigenvalue weighted by Gasteiger charge is -2.44. The van der Waals surface area contributed by atoms with Crippen molar-refractivity contribution in [3.8, 4) is 22.3 Å². The van der Waals surface area contributed by atoms with Gasteiger partial charge in [0.1, 0.15) is 0 Å². The van der Waals surface area contributed by atoms with Crippen molar-refractivity contribution in [3.05, 3.63) is 85.2 Å². The lowest BCUT2D eigenvalue weighted by molar-refractivity contribution is 0.766. The van der Waals surface area contributed by atoms with Crippen molar-refractivity contribution in [3.63, 3.8) is 0 Å². The number of hydrogen-bond acceptors (Lipinski definition) is 0. The van der Waals surface area contributed by atoms with Crippen LogP contribution in [0.3, 0.4) is 0 Å². The second-order valence-electron chi connectivity index (χ2n) is 9.77. The average molecular weight is 426 g/mol. The maximum absolute atomic E-state index is 2.65. The second kappa shape index (κ2) is 8.51. The van der Waals surface area contributed by atoms with E-state index in [1.54, 1.807) is 0 Å². The van der Waals surface area contributed by atoms with Crippen LogP contribution in [0.1, 0.15) is 41.5 Å². The Morgan fingerprint density at radius 2 is 1.23 bits per heavy atom. The molecule has 0 aliphatic rings. The van der Waals surface area contributed by atoms with Crippen LogP contribution in [0.4, 0.5) is 0 Å². The predicted molar refractivity (Wildman–Crippen MR) is 139 cm³/mol. The molecule has 0 unspecified atom stereocenters. The summed E-state index contributed by atoms with van der Waals surface area (Å²) in [4.78, 5) is 0. The number of nitrogens with zero attached hydrogens (tertiary/aromatic N) is 1. The van der Waals surface area contributed by atoms with Gasteiger partial charge in [0.25, 0.3) is 0 Å². The maximum atomic E-state index is 2.65. The third kappa shape index (κ3) is 3.68. The number of aromatic nitrogens is 1. The van der Waals surface area contributed by atoms with E-state index in [1.807, 2.05) is 0 Å². The Morgan fingerprint density at radius 1 is 0.613 bits per heavy atom. The van der Waals surface area contributed by atoms with Gasteiger partial charge in [-0.15, -0.1) is 0 Å². The topological polar surface area (TPSA) is 4.93 Å². The molecule has 0 atom stereocenters. The number of rotatable bonds is 6. The van der Waals surface area contributed by atoms with Gasteiger partial charge in [0.2, 0.25) is 0 Å². The van der Waals surface area contributed by atoms with Gasteiger partial charge in [0.15, 0.2) is 8.24 Å². The quantitative estimate of drug-likeness (QED) is 0.272. The lowest BCUT2D eigenvalue weighted by atomic mass is 9.94. The van der Waals surface area contributed by atoms with Crippen molar-refractivity contribution < 1.29 is 0 Å². The molecule has 3 aromatic carbocycles. The van der Waals surface area contributed by atoms with Crippen LogP contribution in [-0.2, 0) is 0 Å². The van der Waals surface area contributed by atoms with Gasteiger partial charge in [0, 0.05) is 6.20 Å². The average Bonchev–Trinajstić information content (AvgIpc) is 3.23. The highest BCUT2D eigenvalue weighted by Crippen LogP contribution is 2.44. The summed E-state index contributed by atoms with van der Waals surface area (Å²) in [6.45, 7) is 14.6. The smallest absolute Gasteiger partial charge is 0.168 e. The zero-order chi connectivity index (χ0) is 22.2. The summed E-state index contributed by atoms with van der Waals surface area (Å²) < 4.78 is 2.65. The van der Waals surface area contributed by atoms with Gasteiger partial charge in [-0.1, -0.05) is 96.1 Å². The van der Waals surface area contributed by atoms with Gasteiger partial charge in [-0.25, -0.2) is 0 Å². The van der Waals surface area contributed by atoms with Crippen LogP contribution in [0, 0.1) is 0 Å². The molecule has 4 aromatic rings. The molecule has 1 aromatic heterocycles. The molecule has 2 heteroatoms. The molecule has 0 radical (unpaired) electrons. The second-order valence-corrected chi connectivity index (χ2v) is 15.5. The van der Waals surface area contributed by atoms with Crippen LogP contribution in [0.5, 0.6) is 0 Å². The van der Waals surface area contributed by atoms with Gasteiger partial charge in [-0.05, 0) is 74.0 Å². The Labute approximate surface area is 188 Å². The van der Waals surface area contributed by atoms with Crippen LogP contribution < -0.4 is 0 Å². The van der Waals surface area contributed by atoms with Crippen LogP contribution >= 0.6 is 0 Å². The van der Waals surface area contributed by atoms with Crippen LogP contribution in [0.2, 0.25) is 16.6 Å². The van der Waals surface area contributed by atoms with E-state index in [1.165, 1.54) is 33.0 Å². The summed E-state index contributed by atoms with van der Waals surface area (Å²) in [6.07, 6.45) is 4.81. The monoisotopic (exact) mass is 425 g/mol. The van der Waals surface area contributed by atoms with Gasteiger partial charge in [-0.3, -0.25) is 0 Å². The molecule has 0 aliphatic carbocycles. The molecule has 1 heterocycles. The summed E-state index contributed by atoms with van der Waals surface area (Å²) in [5.41, 5.74) is 7.24. The first-order valence-electron chi connectivity index (χ1n) is 11.6. The van der Waals surface area contributed by atoms with Crippen molar-refractivity contribution in [2.45, 2.75) is 58.2 Å². The van der Waals surface area contributed by atoms with Gasteiger partial charge in [-0.2, -0.15) is 0 Å². The Hall–Kier alpha value is -2.58. The Kier molecular flexibility index (Phi) is 5.94. The molecule has 0 saturated heterocycles. The van der Waals surface area contributed by atoms with Crippen molar-refractivity contribution in [1.82, 2.24) is 4.23 Å². The zero-order valence-electron chi connectivity index (χ0n) is 19.8. The third-order valence-corrected chi connectivity index (χ3v) is 13.9. The van der Waals surface area contributed by atoms with Crippen molar-refractivity contribution >= 4 is 19.0 Å². The fourth-order valence-electron chi connectivity index (χ4n) is 6.04. The molecule has 160 valence electrons. The zero-order valence-corrected chi connectivity index (χ0v) is 20.8. The van der Waals surface area contributed by atoms with E-state index < -0.39 is 8.24 Å². The fraction of sp³-hybridized carbons (Fsp3) is 0.310. The standard InChI is InChI=1S/C29H35NSi/c1-21(2)31(22(3)4,23(5)6)30-17-16-26(20-30)29-19-27(24-12-8-7-9-13-24)18-25-14-10-11-15-28(25)29/h7-23H,1-6H3. The third-order valence-electron chi connectivity index (χ3n) is 7.19. The van der Waals surface area contributed by atoms with E-state index in [-0.39, 0.29) is 0 Å². The number of hydrogen-bond donors (Lipinski definition) is 0. The highest BCUT2D eigenvalue weighted by atomic mass is 28.3. The van der Waals surface area contributed by atoms with Crippen LogP contribution in [-0.4, -0.2) is 12.5 Å². The van der Waals surface area contributed by atoms with Crippen LogP contribution in [0.25, 0.3) is 33.0 Å². The summed E-state index contributed by atoms with van der Waals surface area (Å²) >= 11 is 0.